The van der Waals surface area contributed by atoms with E-state index in [0.29, 0.717) is 39.3 Å². The fourth-order valence-electron chi connectivity index (χ4n) is 9.81. The Kier molecular flexibility index (Phi) is 21.2. The van der Waals surface area contributed by atoms with E-state index < -0.39 is 78.1 Å². The van der Waals surface area contributed by atoms with Crippen molar-refractivity contribution in [2.75, 3.05) is 25.7 Å². The Bertz CT molecular complexity index is 2700. The maximum atomic E-state index is 14.6. The Labute approximate surface area is 467 Å². The van der Waals surface area contributed by atoms with Gasteiger partial charge in [-0.3, -0.25) is 4.21 Å². The number of aliphatic hydroxyl groups excluding tert-OH is 1. The number of rotatable bonds is 22. The van der Waals surface area contributed by atoms with E-state index in [1.165, 1.54) is 11.8 Å². The van der Waals surface area contributed by atoms with E-state index in [-0.39, 0.29) is 30.8 Å². The van der Waals surface area contributed by atoms with Crippen molar-refractivity contribution >= 4 is 57.6 Å². The molecule has 0 aliphatic carbocycles. The SMILES string of the molecule is CSC(C[C@@H]1O[C@H]2CC=CCO[C@@H]2[C@@H](OCc2ccc(Br)cc2)[C@@H]1OCc1ccc2ccccc2c1)(C(O)/C=C\[C@@H]1O[C@H](COCc2ccccc2)[C@@H](OCc2ccccc2)/C=C\C[C@H]1O[Si](C)(C)C(C)(C)C)S(C)=O. The third-order valence-electron chi connectivity index (χ3n) is 15.2. The van der Waals surface area contributed by atoms with Crippen LogP contribution in [0.1, 0.15) is 62.3 Å². The molecule has 14 heteroatoms. The number of hydrogen-bond acceptors (Lipinski definition) is 11. The molecule has 0 spiro atoms. The molecule has 5 aromatic rings. The van der Waals surface area contributed by atoms with Crippen LogP contribution in [-0.2, 0) is 74.8 Å². The monoisotopic (exact) mass is 1150 g/mol. The molecule has 0 bridgehead atoms. The Hall–Kier alpha value is -3.58. The summed E-state index contributed by atoms with van der Waals surface area (Å²) in [6.07, 6.45) is 10.8. The minimum atomic E-state index is -2.38. The van der Waals surface area contributed by atoms with Crippen molar-refractivity contribution in [1.29, 1.82) is 0 Å². The summed E-state index contributed by atoms with van der Waals surface area (Å²) in [5.41, 5.74) is 4.09. The van der Waals surface area contributed by atoms with Crippen LogP contribution in [0, 0.1) is 0 Å². The lowest BCUT2D eigenvalue weighted by Gasteiger charge is -2.48. The van der Waals surface area contributed by atoms with Crippen molar-refractivity contribution in [3.05, 3.63) is 191 Å². The molecule has 0 amide bonds. The van der Waals surface area contributed by atoms with Gasteiger partial charge in [0, 0.05) is 27.9 Å². The van der Waals surface area contributed by atoms with E-state index in [1.807, 2.05) is 103 Å². The zero-order valence-electron chi connectivity index (χ0n) is 45.0. The summed E-state index contributed by atoms with van der Waals surface area (Å²) in [7, 11) is -3.99. The van der Waals surface area contributed by atoms with Crippen LogP contribution in [0.4, 0.5) is 0 Å². The predicted molar refractivity (Wildman–Crippen MR) is 313 cm³/mol. The van der Waals surface area contributed by atoms with Gasteiger partial charge in [-0.05, 0) is 88.5 Å². The van der Waals surface area contributed by atoms with Gasteiger partial charge in [-0.1, -0.05) is 182 Å². The summed E-state index contributed by atoms with van der Waals surface area (Å²) in [5, 5.41) is 15.0. The second kappa shape index (κ2) is 27.5. The lowest BCUT2D eigenvalue weighted by Crippen LogP contribution is -2.62. The molecule has 408 valence electrons. The van der Waals surface area contributed by atoms with Crippen LogP contribution in [0.3, 0.4) is 0 Å². The van der Waals surface area contributed by atoms with Crippen LogP contribution in [0.2, 0.25) is 18.1 Å². The minimum absolute atomic E-state index is 0.0938. The van der Waals surface area contributed by atoms with Gasteiger partial charge in [-0.25, -0.2) is 0 Å². The highest BCUT2D eigenvalue weighted by Crippen LogP contribution is 2.43. The lowest BCUT2D eigenvalue weighted by molar-refractivity contribution is -0.260. The first kappa shape index (κ1) is 58.6. The first-order valence-corrected chi connectivity index (χ1v) is 33.0. The summed E-state index contributed by atoms with van der Waals surface area (Å²) < 4.78 is 69.6. The Morgan fingerprint density at radius 1 is 0.750 bits per heavy atom. The maximum absolute atomic E-state index is 14.6. The van der Waals surface area contributed by atoms with Gasteiger partial charge in [0.25, 0.3) is 0 Å². The molecule has 0 radical (unpaired) electrons. The number of benzene rings is 5. The van der Waals surface area contributed by atoms with E-state index in [1.54, 1.807) is 12.3 Å². The molecule has 3 aliphatic rings. The van der Waals surface area contributed by atoms with E-state index >= 15 is 0 Å². The Morgan fingerprint density at radius 3 is 2.08 bits per heavy atom. The molecular weight excluding hydrogens is 1080 g/mol. The van der Waals surface area contributed by atoms with Gasteiger partial charge in [0.15, 0.2) is 8.32 Å². The normalized spacial score (nSPS) is 26.5. The fourth-order valence-corrected chi connectivity index (χ4v) is 13.8. The zero-order valence-corrected chi connectivity index (χ0v) is 49.3. The van der Waals surface area contributed by atoms with Gasteiger partial charge in [-0.15, -0.1) is 11.8 Å². The number of ether oxygens (including phenoxy) is 7. The third-order valence-corrected chi connectivity index (χ3v) is 23.9. The summed E-state index contributed by atoms with van der Waals surface area (Å²) in [4.78, 5) is 0. The van der Waals surface area contributed by atoms with E-state index in [4.69, 9.17) is 37.6 Å². The van der Waals surface area contributed by atoms with Crippen molar-refractivity contribution in [3.63, 3.8) is 0 Å². The molecule has 1 fully saturated rings. The van der Waals surface area contributed by atoms with Crippen LogP contribution >= 0.6 is 27.7 Å². The highest BCUT2D eigenvalue weighted by atomic mass is 79.9. The molecule has 8 rings (SSSR count). The van der Waals surface area contributed by atoms with Crippen molar-refractivity contribution in [2.45, 2.75) is 150 Å². The number of aliphatic hydroxyl groups is 1. The van der Waals surface area contributed by atoms with Gasteiger partial charge in [-0.2, -0.15) is 0 Å². The number of hydrogen-bond donors (Lipinski definition) is 1. The largest absolute Gasteiger partial charge is 0.411 e. The lowest BCUT2D eigenvalue weighted by atomic mass is 9.89. The smallest absolute Gasteiger partial charge is 0.192 e. The van der Waals surface area contributed by atoms with E-state index in [2.05, 4.69) is 110 Å². The van der Waals surface area contributed by atoms with Crippen LogP contribution in [0.15, 0.2) is 168 Å². The van der Waals surface area contributed by atoms with Gasteiger partial charge in [0.1, 0.15) is 40.7 Å². The molecule has 0 aromatic heterocycles. The first-order valence-electron chi connectivity index (χ1n) is 26.5. The number of thioether (sulfide) groups is 1. The second-order valence-corrected chi connectivity index (χ2v) is 30.3. The van der Waals surface area contributed by atoms with Crippen molar-refractivity contribution in [2.24, 2.45) is 0 Å². The molecule has 5 aromatic carbocycles. The second-order valence-electron chi connectivity index (χ2n) is 21.6. The maximum Gasteiger partial charge on any atom is 0.192 e. The average molecular weight is 1150 g/mol. The molecule has 10 nitrogen and oxygen atoms in total. The molecular formula is C62H77BrO10S2Si. The Morgan fingerprint density at radius 2 is 1.38 bits per heavy atom. The van der Waals surface area contributed by atoms with Crippen molar-refractivity contribution in [3.8, 4) is 0 Å². The van der Waals surface area contributed by atoms with Crippen LogP contribution in [0.5, 0.6) is 0 Å². The van der Waals surface area contributed by atoms with E-state index in [9.17, 15) is 9.32 Å². The quantitative estimate of drug-likeness (QED) is 0.0528. The molecule has 1 saturated heterocycles. The fraction of sp³-hybridized carbons (Fsp3) is 0.452. The molecule has 3 unspecified atom stereocenters. The van der Waals surface area contributed by atoms with E-state index in [0.717, 1.165) is 37.5 Å². The van der Waals surface area contributed by atoms with Gasteiger partial charge in [0.2, 0.25) is 0 Å². The first-order chi connectivity index (χ1) is 36.6. The summed E-state index contributed by atoms with van der Waals surface area (Å²) >= 11 is 4.95. The van der Waals surface area contributed by atoms with Crippen LogP contribution in [0.25, 0.3) is 10.8 Å². The molecule has 12 atom stereocenters. The molecule has 1 N–H and O–H groups in total. The highest BCUT2D eigenvalue weighted by Gasteiger charge is 2.53. The van der Waals surface area contributed by atoms with Crippen molar-refractivity contribution in [1.82, 2.24) is 0 Å². The molecule has 3 aliphatic heterocycles. The highest BCUT2D eigenvalue weighted by molar-refractivity contribution is 9.10. The topological polar surface area (TPSA) is 111 Å². The molecule has 0 saturated carbocycles. The van der Waals surface area contributed by atoms with Gasteiger partial charge in [0.05, 0.1) is 64.1 Å². The minimum Gasteiger partial charge on any atom is -0.411 e. The summed E-state index contributed by atoms with van der Waals surface area (Å²) in [6, 6.07) is 42.9. The van der Waals surface area contributed by atoms with Gasteiger partial charge < -0.3 is 42.7 Å². The van der Waals surface area contributed by atoms with Crippen LogP contribution in [-0.4, -0.2) is 108 Å². The number of halogens is 1. The van der Waals surface area contributed by atoms with Crippen LogP contribution < -0.4 is 0 Å². The average Bonchev–Trinajstić information content (AvgIpc) is 3.68. The molecule has 3 heterocycles. The number of fused-ring (bicyclic) bond motifs is 2. The molecule has 76 heavy (non-hydrogen) atoms. The standard InChI is InChI=1S/C62H77BrO10S2Si/c1-61(2,3)76(6,7)73-53-27-18-26-51(68-40-45-21-12-9-13-22-45)56(43-66-39-44-19-10-8-11-20-44)71-52(53)34-35-57(64)62(74-4,75(5)65)38-55-59(69-42-47-28-31-48-23-14-15-24-49(48)37-47)60(58-54(72-55)25-16-17-36-67-58)70-41-46-29-32-50(63)33-30-46/h8-24,26,28-35,37,51-60,64H,25,27,36,38-43H2,1-7H3/b26-18-,35-34-/t51-,52-,53+,54-,55-,56+,57?,58-,59+,60+,62?,75?/m0/s1. The third kappa shape index (κ3) is 15.4. The predicted octanol–water partition coefficient (Wildman–Crippen LogP) is 12.8. The Balaban J connectivity index is 1.12. The van der Waals surface area contributed by atoms with Gasteiger partial charge >= 0.3 is 0 Å². The summed E-state index contributed by atoms with van der Waals surface area (Å²) in [6.45, 7) is 13.2. The zero-order chi connectivity index (χ0) is 53.7. The van der Waals surface area contributed by atoms with Crippen molar-refractivity contribution < 1.29 is 46.9 Å². The summed E-state index contributed by atoms with van der Waals surface area (Å²) in [5.74, 6) is 0.